The van der Waals surface area contributed by atoms with E-state index in [0.29, 0.717) is 6.61 Å². The van der Waals surface area contributed by atoms with Crippen LogP contribution in [0.4, 0.5) is 4.39 Å². The molecule has 1 saturated heterocycles. The lowest BCUT2D eigenvalue weighted by atomic mass is 10.0. The molecule has 1 N–H and O–H groups in total. The van der Waals surface area contributed by atoms with E-state index in [4.69, 9.17) is 4.74 Å². The number of hydrogen-bond acceptors (Lipinski definition) is 2. The summed E-state index contributed by atoms with van der Waals surface area (Å²) >= 11 is 0. The molecular weight excluding hydrogens is 193 g/mol. The Morgan fingerprint density at radius 2 is 2.40 bits per heavy atom. The van der Waals surface area contributed by atoms with Gasteiger partial charge in [0.2, 0.25) is 0 Å². The van der Waals surface area contributed by atoms with Crippen molar-refractivity contribution in [1.82, 2.24) is 5.32 Å². The second-order valence-corrected chi connectivity index (χ2v) is 3.94. The predicted molar refractivity (Wildman–Crippen MR) is 57.1 cm³/mol. The van der Waals surface area contributed by atoms with Crippen molar-refractivity contribution < 1.29 is 9.13 Å². The summed E-state index contributed by atoms with van der Waals surface area (Å²) in [6, 6.07) is 5.39. The molecule has 1 unspecified atom stereocenters. The van der Waals surface area contributed by atoms with Gasteiger partial charge in [-0.1, -0.05) is 6.07 Å². The van der Waals surface area contributed by atoms with E-state index in [2.05, 4.69) is 5.32 Å². The van der Waals surface area contributed by atoms with Gasteiger partial charge in [0, 0.05) is 18.7 Å². The van der Waals surface area contributed by atoms with Crippen LogP contribution in [0.25, 0.3) is 0 Å². The van der Waals surface area contributed by atoms with Crippen LogP contribution in [0.1, 0.15) is 30.0 Å². The van der Waals surface area contributed by atoms with Crippen molar-refractivity contribution in [1.29, 1.82) is 0 Å². The largest absolute Gasteiger partial charge is 0.380 e. The summed E-state index contributed by atoms with van der Waals surface area (Å²) in [5, 5.41) is 3.30. The van der Waals surface area contributed by atoms with Gasteiger partial charge in [0.25, 0.3) is 0 Å². The quantitative estimate of drug-likeness (QED) is 0.825. The Kier molecular flexibility index (Phi) is 3.34. The second-order valence-electron chi connectivity index (χ2n) is 3.94. The van der Waals surface area contributed by atoms with E-state index >= 15 is 0 Å². The molecule has 1 aromatic rings. The van der Waals surface area contributed by atoms with E-state index in [1.54, 1.807) is 13.2 Å². The van der Waals surface area contributed by atoms with E-state index in [1.165, 1.54) is 6.07 Å². The Hall–Kier alpha value is -0.930. The molecule has 3 heteroatoms. The Morgan fingerprint density at radius 1 is 1.53 bits per heavy atom. The summed E-state index contributed by atoms with van der Waals surface area (Å²) in [5.41, 5.74) is 1.81. The molecule has 1 aliphatic rings. The van der Waals surface area contributed by atoms with Gasteiger partial charge in [0.15, 0.2) is 0 Å². The molecule has 0 bridgehead atoms. The Labute approximate surface area is 89.4 Å². The maximum atomic E-state index is 13.6. The zero-order valence-corrected chi connectivity index (χ0v) is 8.92. The van der Waals surface area contributed by atoms with Crippen LogP contribution in [0.3, 0.4) is 0 Å². The maximum absolute atomic E-state index is 13.6. The summed E-state index contributed by atoms with van der Waals surface area (Å²) in [4.78, 5) is 0. The molecule has 1 fully saturated rings. The summed E-state index contributed by atoms with van der Waals surface area (Å²) in [7, 11) is 1.65. The van der Waals surface area contributed by atoms with Crippen LogP contribution in [0.5, 0.6) is 0 Å². The van der Waals surface area contributed by atoms with E-state index in [0.717, 1.165) is 30.5 Å². The third-order valence-electron chi connectivity index (χ3n) is 2.81. The number of nitrogens with one attached hydrogen (secondary N) is 1. The minimum absolute atomic E-state index is 0.116. The third kappa shape index (κ3) is 2.36. The van der Waals surface area contributed by atoms with Gasteiger partial charge in [-0.25, -0.2) is 4.39 Å². The number of ether oxygens (including phenoxy) is 1. The zero-order chi connectivity index (χ0) is 10.7. The number of halogens is 1. The number of rotatable bonds is 3. The molecule has 1 atom stereocenters. The van der Waals surface area contributed by atoms with E-state index in [-0.39, 0.29) is 11.9 Å². The first-order chi connectivity index (χ1) is 7.31. The second kappa shape index (κ2) is 4.73. The summed E-state index contributed by atoms with van der Waals surface area (Å²) in [6.45, 7) is 1.53. The highest BCUT2D eigenvalue weighted by Gasteiger charge is 2.19. The first-order valence-electron chi connectivity index (χ1n) is 5.32. The van der Waals surface area contributed by atoms with Crippen LogP contribution < -0.4 is 5.32 Å². The first-order valence-corrected chi connectivity index (χ1v) is 5.32. The predicted octanol–water partition coefficient (Wildman–Crippen LogP) is 2.40. The Balaban J connectivity index is 2.23. The van der Waals surface area contributed by atoms with Gasteiger partial charge >= 0.3 is 0 Å². The molecule has 15 heavy (non-hydrogen) atoms. The fourth-order valence-corrected chi connectivity index (χ4v) is 2.07. The van der Waals surface area contributed by atoms with Gasteiger partial charge in [-0.15, -0.1) is 0 Å². The van der Waals surface area contributed by atoms with Crippen LogP contribution >= 0.6 is 0 Å². The summed E-state index contributed by atoms with van der Waals surface area (Å²) in [5.74, 6) is -0.116. The average molecular weight is 209 g/mol. The topological polar surface area (TPSA) is 21.3 Å². The van der Waals surface area contributed by atoms with Crippen molar-refractivity contribution in [3.8, 4) is 0 Å². The molecule has 0 aromatic heterocycles. The van der Waals surface area contributed by atoms with Crippen LogP contribution in [-0.4, -0.2) is 13.7 Å². The number of benzene rings is 1. The van der Waals surface area contributed by atoms with Crippen molar-refractivity contribution in [2.24, 2.45) is 0 Å². The SMILES string of the molecule is COCc1ccc(F)c(C2CCCN2)c1. The molecular formula is C12H16FNO. The van der Waals surface area contributed by atoms with Gasteiger partial charge in [-0.05, 0) is 37.1 Å². The molecule has 0 spiro atoms. The number of hydrogen-bond donors (Lipinski definition) is 1. The van der Waals surface area contributed by atoms with Crippen LogP contribution in [-0.2, 0) is 11.3 Å². The fourth-order valence-electron chi connectivity index (χ4n) is 2.07. The standard InChI is InChI=1S/C12H16FNO/c1-15-8-9-4-5-11(13)10(7-9)12-3-2-6-14-12/h4-5,7,12,14H,2-3,6,8H2,1H3. The van der Waals surface area contributed by atoms with Crippen molar-refractivity contribution >= 4 is 0 Å². The van der Waals surface area contributed by atoms with Gasteiger partial charge in [-0.2, -0.15) is 0 Å². The van der Waals surface area contributed by atoms with E-state index in [1.807, 2.05) is 6.07 Å². The van der Waals surface area contributed by atoms with Crippen LogP contribution in [0, 0.1) is 5.82 Å². The molecule has 1 heterocycles. The van der Waals surface area contributed by atoms with Crippen molar-refractivity contribution in [2.45, 2.75) is 25.5 Å². The summed E-state index contributed by atoms with van der Waals surface area (Å²) in [6.07, 6.45) is 2.14. The molecule has 0 saturated carbocycles. The van der Waals surface area contributed by atoms with Crippen LogP contribution in [0.15, 0.2) is 18.2 Å². The Morgan fingerprint density at radius 3 is 3.07 bits per heavy atom. The fraction of sp³-hybridized carbons (Fsp3) is 0.500. The molecule has 0 radical (unpaired) electrons. The minimum Gasteiger partial charge on any atom is -0.380 e. The highest BCUT2D eigenvalue weighted by atomic mass is 19.1. The van der Waals surface area contributed by atoms with E-state index < -0.39 is 0 Å². The van der Waals surface area contributed by atoms with E-state index in [9.17, 15) is 4.39 Å². The highest BCUT2D eigenvalue weighted by Crippen LogP contribution is 2.26. The van der Waals surface area contributed by atoms with Gasteiger partial charge in [0.05, 0.1) is 6.61 Å². The molecule has 1 aromatic carbocycles. The van der Waals surface area contributed by atoms with Gasteiger partial charge in [0.1, 0.15) is 5.82 Å². The van der Waals surface area contributed by atoms with Crippen molar-refractivity contribution in [3.63, 3.8) is 0 Å². The first kappa shape index (κ1) is 10.6. The highest BCUT2D eigenvalue weighted by molar-refractivity contribution is 5.28. The zero-order valence-electron chi connectivity index (χ0n) is 8.92. The minimum atomic E-state index is -0.116. The van der Waals surface area contributed by atoms with Gasteiger partial charge in [-0.3, -0.25) is 0 Å². The van der Waals surface area contributed by atoms with Crippen LogP contribution in [0.2, 0.25) is 0 Å². The lowest BCUT2D eigenvalue weighted by Gasteiger charge is -2.13. The molecule has 0 aliphatic carbocycles. The molecule has 2 rings (SSSR count). The molecule has 2 nitrogen and oxygen atoms in total. The molecule has 82 valence electrons. The van der Waals surface area contributed by atoms with Gasteiger partial charge < -0.3 is 10.1 Å². The van der Waals surface area contributed by atoms with Crippen molar-refractivity contribution in [2.75, 3.05) is 13.7 Å². The van der Waals surface area contributed by atoms with Crippen molar-refractivity contribution in [3.05, 3.63) is 35.1 Å². The number of methoxy groups -OCH3 is 1. The average Bonchev–Trinajstić information content (AvgIpc) is 2.74. The third-order valence-corrected chi connectivity index (χ3v) is 2.81. The maximum Gasteiger partial charge on any atom is 0.127 e. The Bertz CT molecular complexity index is 334. The molecule has 1 aliphatic heterocycles. The smallest absolute Gasteiger partial charge is 0.127 e. The molecule has 0 amide bonds. The monoisotopic (exact) mass is 209 g/mol. The summed E-state index contributed by atoms with van der Waals surface area (Å²) < 4.78 is 18.6. The lowest BCUT2D eigenvalue weighted by molar-refractivity contribution is 0.184. The lowest BCUT2D eigenvalue weighted by Crippen LogP contribution is -2.14. The normalized spacial score (nSPS) is 20.8.